The predicted molar refractivity (Wildman–Crippen MR) is 166 cm³/mol. The Hall–Kier alpha value is -4.81. The summed E-state index contributed by atoms with van der Waals surface area (Å²) in [5.74, 6) is -4.56. The van der Waals surface area contributed by atoms with E-state index in [1.165, 1.54) is 24.3 Å². The van der Waals surface area contributed by atoms with Gasteiger partial charge in [-0.15, -0.1) is 0 Å². The summed E-state index contributed by atoms with van der Waals surface area (Å²) in [6.45, 7) is 5.54. The van der Waals surface area contributed by atoms with Crippen LogP contribution in [0.4, 0.5) is 9.18 Å². The van der Waals surface area contributed by atoms with E-state index in [4.69, 9.17) is 4.74 Å². The first kappa shape index (κ1) is 35.7. The molecule has 2 aromatic rings. The summed E-state index contributed by atoms with van der Waals surface area (Å²) in [7, 11) is 0. The minimum Gasteiger partial charge on any atom is -0.445 e. The van der Waals surface area contributed by atoms with Gasteiger partial charge in [0.2, 0.25) is 23.5 Å². The van der Waals surface area contributed by atoms with E-state index >= 15 is 0 Å². The zero-order chi connectivity index (χ0) is 33.6. The fraction of sp³-hybridized carbons (Fsp3) is 0.455. The quantitative estimate of drug-likeness (QED) is 0.175. The number of carbonyl (C=O) groups excluding carboxylic acids is 6. The molecule has 0 unspecified atom stereocenters. The van der Waals surface area contributed by atoms with E-state index in [1.54, 1.807) is 45.0 Å². The largest absolute Gasteiger partial charge is 0.445 e. The summed E-state index contributed by atoms with van der Waals surface area (Å²) >= 11 is 0. The molecule has 13 heteroatoms. The van der Waals surface area contributed by atoms with Gasteiger partial charge in [0, 0.05) is 24.9 Å². The summed E-state index contributed by atoms with van der Waals surface area (Å²) in [5.41, 5.74) is 1.27. The molecule has 0 bridgehead atoms. The van der Waals surface area contributed by atoms with Gasteiger partial charge < -0.3 is 31.3 Å². The Morgan fingerprint density at radius 2 is 1.52 bits per heavy atom. The van der Waals surface area contributed by atoms with Crippen LogP contribution in [-0.2, 0) is 41.7 Å². The van der Waals surface area contributed by atoms with Crippen molar-refractivity contribution in [1.82, 2.24) is 26.6 Å². The van der Waals surface area contributed by atoms with Crippen molar-refractivity contribution in [1.29, 1.82) is 0 Å². The summed E-state index contributed by atoms with van der Waals surface area (Å²) in [6.07, 6.45) is 0.0696. The van der Waals surface area contributed by atoms with E-state index in [0.717, 1.165) is 5.56 Å². The molecular formula is C33H42FN5O7. The van der Waals surface area contributed by atoms with E-state index in [0.29, 0.717) is 24.9 Å². The SMILES string of the molecule is CCC[C@H](NC(=O)[C@H](Cc1ccc(F)cc1)NC(=O)OCc1ccccc1)C(=O)N[C@@H](C[C@@H]1CCNC1=O)C(=O)C(=O)NC(C)C. The van der Waals surface area contributed by atoms with E-state index in [-0.39, 0.29) is 37.8 Å². The van der Waals surface area contributed by atoms with Gasteiger partial charge in [-0.3, -0.25) is 24.0 Å². The number of Topliss-reactive ketones (excluding diaryl/α,β-unsaturated/α-hetero) is 1. The summed E-state index contributed by atoms with van der Waals surface area (Å²) in [6, 6.07) is 10.3. The van der Waals surface area contributed by atoms with E-state index in [1.807, 2.05) is 6.07 Å². The molecule has 0 radical (unpaired) electrons. The highest BCUT2D eigenvalue weighted by atomic mass is 19.1. The van der Waals surface area contributed by atoms with E-state index in [9.17, 15) is 33.2 Å². The van der Waals surface area contributed by atoms with E-state index in [2.05, 4.69) is 26.6 Å². The number of halogens is 1. The average molecular weight is 640 g/mol. The molecule has 1 heterocycles. The molecule has 5 N–H and O–H groups in total. The number of benzene rings is 2. The molecule has 4 atom stereocenters. The zero-order valence-corrected chi connectivity index (χ0v) is 26.3. The van der Waals surface area contributed by atoms with Crippen LogP contribution in [0, 0.1) is 11.7 Å². The Morgan fingerprint density at radius 3 is 2.13 bits per heavy atom. The Morgan fingerprint density at radius 1 is 0.870 bits per heavy atom. The number of alkyl carbamates (subject to hydrolysis) is 1. The van der Waals surface area contributed by atoms with Crippen molar-refractivity contribution in [2.24, 2.45) is 5.92 Å². The van der Waals surface area contributed by atoms with Gasteiger partial charge in [0.25, 0.3) is 5.91 Å². The number of rotatable bonds is 16. The monoisotopic (exact) mass is 639 g/mol. The minimum absolute atomic E-state index is 0.0414. The Bertz CT molecular complexity index is 1370. The van der Waals surface area contributed by atoms with Crippen molar-refractivity contribution in [3.8, 4) is 0 Å². The maximum atomic E-state index is 13.6. The number of hydrogen-bond donors (Lipinski definition) is 5. The van der Waals surface area contributed by atoms with Crippen LogP contribution in [0.15, 0.2) is 54.6 Å². The zero-order valence-electron chi connectivity index (χ0n) is 26.3. The van der Waals surface area contributed by atoms with Crippen LogP contribution in [-0.4, -0.2) is 66.2 Å². The molecule has 1 saturated heterocycles. The molecule has 248 valence electrons. The van der Waals surface area contributed by atoms with Crippen molar-refractivity contribution >= 4 is 35.5 Å². The van der Waals surface area contributed by atoms with Crippen LogP contribution in [0.2, 0.25) is 0 Å². The number of ketones is 1. The molecule has 12 nitrogen and oxygen atoms in total. The molecule has 46 heavy (non-hydrogen) atoms. The maximum Gasteiger partial charge on any atom is 0.408 e. The molecule has 1 fully saturated rings. The van der Waals surface area contributed by atoms with Crippen LogP contribution >= 0.6 is 0 Å². The van der Waals surface area contributed by atoms with Gasteiger partial charge >= 0.3 is 6.09 Å². The molecule has 1 aliphatic heterocycles. The molecule has 1 aliphatic rings. The van der Waals surface area contributed by atoms with Gasteiger partial charge in [-0.05, 0) is 56.4 Å². The first-order valence-corrected chi connectivity index (χ1v) is 15.4. The molecular weight excluding hydrogens is 597 g/mol. The second-order valence-electron chi connectivity index (χ2n) is 11.5. The van der Waals surface area contributed by atoms with Crippen molar-refractivity contribution in [3.05, 3.63) is 71.5 Å². The first-order valence-electron chi connectivity index (χ1n) is 15.4. The molecule has 5 amide bonds. The smallest absolute Gasteiger partial charge is 0.408 e. The number of hydrogen-bond acceptors (Lipinski definition) is 7. The highest BCUT2D eigenvalue weighted by Gasteiger charge is 2.36. The second kappa shape index (κ2) is 17.6. The van der Waals surface area contributed by atoms with E-state index < -0.39 is 59.5 Å². The summed E-state index contributed by atoms with van der Waals surface area (Å²) < 4.78 is 18.8. The lowest BCUT2D eigenvalue weighted by Crippen LogP contribution is -2.57. The second-order valence-corrected chi connectivity index (χ2v) is 11.5. The van der Waals surface area contributed by atoms with Crippen LogP contribution < -0.4 is 26.6 Å². The Balaban J connectivity index is 1.76. The summed E-state index contributed by atoms with van der Waals surface area (Å²) in [5, 5.41) is 13.0. The Labute approximate surface area is 267 Å². The fourth-order valence-electron chi connectivity index (χ4n) is 4.95. The molecule has 0 aliphatic carbocycles. The van der Waals surface area contributed by atoms with Gasteiger partial charge in [0.05, 0.1) is 6.04 Å². The first-order chi connectivity index (χ1) is 22.0. The van der Waals surface area contributed by atoms with Gasteiger partial charge in [0.15, 0.2) is 0 Å². The topological polar surface area (TPSA) is 172 Å². The third-order valence-electron chi connectivity index (χ3n) is 7.34. The van der Waals surface area contributed by atoms with Gasteiger partial charge in [-0.2, -0.15) is 0 Å². The lowest BCUT2D eigenvalue weighted by Gasteiger charge is -2.26. The van der Waals surface area contributed by atoms with Crippen LogP contribution in [0.5, 0.6) is 0 Å². The van der Waals surface area contributed by atoms with Gasteiger partial charge in [0.1, 0.15) is 24.5 Å². The van der Waals surface area contributed by atoms with Crippen LogP contribution in [0.1, 0.15) is 57.6 Å². The fourth-order valence-corrected chi connectivity index (χ4v) is 4.95. The number of carbonyl (C=O) groups is 6. The minimum atomic E-state index is -1.31. The lowest BCUT2D eigenvalue weighted by molar-refractivity contribution is -0.141. The van der Waals surface area contributed by atoms with Crippen molar-refractivity contribution < 1.29 is 37.9 Å². The highest BCUT2D eigenvalue weighted by Crippen LogP contribution is 2.17. The standard InChI is InChI=1S/C33H42FN5O7/c1-4-8-25(30(42)38-26(18-23-15-16-35-29(23)41)28(40)32(44)36-20(2)3)37-31(43)27(17-21-11-13-24(34)14-12-21)39-33(45)46-19-22-9-6-5-7-10-22/h5-7,9-14,20,23,25-27H,4,8,15-19H2,1-3H3,(H,35,41)(H,36,44)(H,37,43)(H,38,42)(H,39,45)/t23-,25-,26-,27-/m0/s1. The predicted octanol–water partition coefficient (Wildman–Crippen LogP) is 2.05. The molecule has 0 spiro atoms. The summed E-state index contributed by atoms with van der Waals surface area (Å²) in [4.78, 5) is 77.7. The third-order valence-corrected chi connectivity index (χ3v) is 7.34. The van der Waals surface area contributed by atoms with Gasteiger partial charge in [-0.1, -0.05) is 55.8 Å². The number of ether oxygens (including phenoxy) is 1. The molecule has 0 aromatic heterocycles. The highest BCUT2D eigenvalue weighted by molar-refractivity contribution is 6.38. The van der Waals surface area contributed by atoms with Crippen molar-refractivity contribution in [2.75, 3.05) is 6.54 Å². The normalized spacial score (nSPS) is 16.0. The lowest BCUT2D eigenvalue weighted by atomic mass is 9.94. The van der Waals surface area contributed by atoms with Crippen LogP contribution in [0.25, 0.3) is 0 Å². The molecule has 0 saturated carbocycles. The number of amides is 5. The number of nitrogens with one attached hydrogen (secondary N) is 5. The van der Waals surface area contributed by atoms with Gasteiger partial charge in [-0.25, -0.2) is 9.18 Å². The third kappa shape index (κ3) is 11.3. The Kier molecular flexibility index (Phi) is 13.7. The maximum absolute atomic E-state index is 13.6. The molecule has 2 aromatic carbocycles. The van der Waals surface area contributed by atoms with Crippen LogP contribution in [0.3, 0.4) is 0 Å². The average Bonchev–Trinajstić information content (AvgIpc) is 3.43. The molecule has 3 rings (SSSR count). The van der Waals surface area contributed by atoms with Crippen molar-refractivity contribution in [2.45, 2.75) is 83.6 Å². The van der Waals surface area contributed by atoms with Crippen molar-refractivity contribution in [3.63, 3.8) is 0 Å².